The second-order valence-electron chi connectivity index (χ2n) is 7.87. The number of pyridine rings is 1. The molecule has 0 aliphatic carbocycles. The average molecular weight is 483 g/mol. The Morgan fingerprint density at radius 1 is 1.09 bits per heavy atom. The predicted octanol–water partition coefficient (Wildman–Crippen LogP) is 3.02. The topological polar surface area (TPSA) is 124 Å². The van der Waals surface area contributed by atoms with Gasteiger partial charge in [0.15, 0.2) is 11.5 Å². The number of nitrogens with zero attached hydrogens (tertiary/aromatic N) is 1. The Morgan fingerprint density at radius 3 is 2.56 bits per heavy atom. The Bertz CT molecular complexity index is 1310. The number of benzene rings is 2. The molecule has 1 aliphatic heterocycles. The Balaban J connectivity index is 1.58. The Kier molecular flexibility index (Phi) is 6.99. The zero-order valence-electron chi connectivity index (χ0n) is 18.8. The van der Waals surface area contributed by atoms with Gasteiger partial charge in [0.05, 0.1) is 35.9 Å². The fourth-order valence-electron chi connectivity index (χ4n) is 3.74. The molecule has 0 spiro atoms. The molecule has 0 fully saturated rings. The number of rotatable bonds is 6. The molecule has 0 saturated heterocycles. The maximum Gasteiger partial charge on any atom is 0.253 e. The third-order valence-corrected chi connectivity index (χ3v) is 6.10. The van der Waals surface area contributed by atoms with Crippen molar-refractivity contribution in [2.75, 3.05) is 17.5 Å². The summed E-state index contributed by atoms with van der Waals surface area (Å²) in [6.45, 7) is 4.63. The van der Waals surface area contributed by atoms with E-state index in [0.29, 0.717) is 36.0 Å². The van der Waals surface area contributed by atoms with Gasteiger partial charge >= 0.3 is 0 Å². The summed E-state index contributed by atoms with van der Waals surface area (Å²) >= 11 is -2.66. The largest absolute Gasteiger partial charge is 0.755 e. The van der Waals surface area contributed by atoms with Gasteiger partial charge in [-0.2, -0.15) is 0 Å². The number of anilines is 2. The van der Waals surface area contributed by atoms with Crippen LogP contribution in [0.4, 0.5) is 11.4 Å². The van der Waals surface area contributed by atoms with Crippen molar-refractivity contribution < 1.29 is 23.0 Å². The number of aryl methyl sites for hydroxylation is 2. The summed E-state index contributed by atoms with van der Waals surface area (Å²) in [5.74, 6) is 0.571. The highest BCUT2D eigenvalue weighted by molar-refractivity contribution is 7.81. The van der Waals surface area contributed by atoms with Gasteiger partial charge < -0.3 is 24.3 Å². The van der Waals surface area contributed by atoms with E-state index in [0.717, 1.165) is 22.0 Å². The van der Waals surface area contributed by atoms with Crippen molar-refractivity contribution in [2.24, 2.45) is 0 Å². The lowest BCUT2D eigenvalue weighted by atomic mass is 10.1. The molecular weight excluding hydrogens is 458 g/mol. The molecule has 1 aromatic heterocycles. The molecule has 10 heteroatoms. The van der Waals surface area contributed by atoms with Crippen LogP contribution in [0.5, 0.6) is 11.5 Å². The maximum atomic E-state index is 12.8. The number of H-pyrrole nitrogens is 1. The molecule has 3 aromatic rings. The first-order chi connectivity index (χ1) is 16.3. The number of carbonyl (C=O) groups is 1. The van der Waals surface area contributed by atoms with Crippen LogP contribution < -0.4 is 24.7 Å². The number of amides is 1. The van der Waals surface area contributed by atoms with Crippen LogP contribution in [0.3, 0.4) is 0 Å². The van der Waals surface area contributed by atoms with E-state index < -0.39 is 17.2 Å². The van der Waals surface area contributed by atoms with E-state index in [1.54, 1.807) is 50.2 Å². The number of hydrogen-bond donors (Lipinski definition) is 2. The van der Waals surface area contributed by atoms with Crippen LogP contribution in [0.1, 0.15) is 33.6 Å². The summed E-state index contributed by atoms with van der Waals surface area (Å²) < 4.78 is 36.6. The van der Waals surface area contributed by atoms with Crippen molar-refractivity contribution in [3.05, 3.63) is 81.3 Å². The summed E-state index contributed by atoms with van der Waals surface area (Å²) in [4.78, 5) is 27.7. The van der Waals surface area contributed by atoms with Gasteiger partial charge in [0, 0.05) is 35.9 Å². The van der Waals surface area contributed by atoms with E-state index in [2.05, 4.69) is 10.3 Å². The molecule has 1 aliphatic rings. The first-order valence-electron chi connectivity index (χ1n) is 10.7. The second-order valence-corrected chi connectivity index (χ2v) is 8.67. The van der Waals surface area contributed by atoms with E-state index in [-0.39, 0.29) is 23.4 Å². The molecule has 0 bridgehead atoms. The van der Waals surface area contributed by atoms with E-state index in [1.165, 1.54) is 6.07 Å². The molecule has 4 rings (SSSR count). The van der Waals surface area contributed by atoms with Crippen molar-refractivity contribution in [2.45, 2.75) is 26.8 Å². The highest BCUT2D eigenvalue weighted by atomic mass is 32.2. The molecule has 2 N–H and O–H groups in total. The van der Waals surface area contributed by atoms with Crippen molar-refractivity contribution in [3.63, 3.8) is 0 Å². The summed E-state index contributed by atoms with van der Waals surface area (Å²) in [6.07, 6.45) is 0.729. The van der Waals surface area contributed by atoms with Crippen LogP contribution >= 0.6 is 0 Å². The third-order valence-electron chi connectivity index (χ3n) is 5.38. The van der Waals surface area contributed by atoms with Gasteiger partial charge in [-0.3, -0.25) is 18.1 Å². The van der Waals surface area contributed by atoms with Crippen LogP contribution in [0.2, 0.25) is 0 Å². The van der Waals surface area contributed by atoms with Gasteiger partial charge in [-0.15, -0.1) is 0 Å². The lowest BCUT2D eigenvalue weighted by molar-refractivity contribution is 0.0950. The lowest BCUT2D eigenvalue weighted by Gasteiger charge is -2.27. The Morgan fingerprint density at radius 2 is 1.82 bits per heavy atom. The van der Waals surface area contributed by atoms with Gasteiger partial charge in [0.1, 0.15) is 0 Å². The average Bonchev–Trinajstić information content (AvgIpc) is 3.03. The van der Waals surface area contributed by atoms with Crippen LogP contribution in [-0.2, 0) is 17.8 Å². The van der Waals surface area contributed by atoms with E-state index in [9.17, 15) is 18.4 Å². The van der Waals surface area contributed by atoms with Crippen molar-refractivity contribution in [1.29, 1.82) is 0 Å². The SMILES string of the molecule is Cc1cc(C)c(CNC(=O)c2cccc(N(c3ccc4c(c3)OCCCO4)S(=O)[O-])c2)c(=O)[nH]1. The van der Waals surface area contributed by atoms with Gasteiger partial charge in [0.25, 0.3) is 11.5 Å². The molecule has 1 atom stereocenters. The van der Waals surface area contributed by atoms with Crippen molar-refractivity contribution >= 4 is 28.5 Å². The lowest BCUT2D eigenvalue weighted by Crippen LogP contribution is -2.28. The number of aromatic amines is 1. The number of fused-ring (bicyclic) bond motifs is 1. The van der Waals surface area contributed by atoms with Crippen LogP contribution in [0, 0.1) is 13.8 Å². The maximum absolute atomic E-state index is 12.8. The zero-order valence-corrected chi connectivity index (χ0v) is 19.6. The number of aromatic nitrogens is 1. The molecule has 1 unspecified atom stereocenters. The van der Waals surface area contributed by atoms with Crippen LogP contribution in [0.25, 0.3) is 0 Å². The highest BCUT2D eigenvalue weighted by Crippen LogP contribution is 2.36. The van der Waals surface area contributed by atoms with Crippen molar-refractivity contribution in [1.82, 2.24) is 10.3 Å². The van der Waals surface area contributed by atoms with E-state index >= 15 is 0 Å². The number of carbonyl (C=O) groups excluding carboxylic acids is 1. The summed E-state index contributed by atoms with van der Waals surface area (Å²) in [5, 5.41) is 2.73. The second kappa shape index (κ2) is 10.1. The number of nitrogens with one attached hydrogen (secondary N) is 2. The first-order valence-corrected chi connectivity index (χ1v) is 11.7. The number of hydrogen-bond acceptors (Lipinski definition) is 6. The van der Waals surface area contributed by atoms with E-state index in [4.69, 9.17) is 9.47 Å². The van der Waals surface area contributed by atoms with Gasteiger partial charge in [-0.25, -0.2) is 0 Å². The zero-order chi connectivity index (χ0) is 24.2. The first kappa shape index (κ1) is 23.5. The molecule has 0 saturated carbocycles. The third kappa shape index (κ3) is 5.13. The molecule has 2 aromatic carbocycles. The van der Waals surface area contributed by atoms with Gasteiger partial charge in [-0.1, -0.05) is 6.07 Å². The monoisotopic (exact) mass is 482 g/mol. The molecule has 0 radical (unpaired) electrons. The minimum absolute atomic E-state index is 0.0455. The molecule has 178 valence electrons. The molecule has 2 heterocycles. The fourth-order valence-corrected chi connectivity index (χ4v) is 4.32. The van der Waals surface area contributed by atoms with Crippen molar-refractivity contribution in [3.8, 4) is 11.5 Å². The minimum Gasteiger partial charge on any atom is -0.755 e. The highest BCUT2D eigenvalue weighted by Gasteiger charge is 2.18. The summed E-state index contributed by atoms with van der Waals surface area (Å²) in [6, 6.07) is 12.9. The molecule has 1 amide bonds. The molecule has 34 heavy (non-hydrogen) atoms. The number of ether oxygens (including phenoxy) is 2. The minimum atomic E-state index is -2.66. The van der Waals surface area contributed by atoms with Crippen LogP contribution in [-0.4, -0.2) is 32.9 Å². The Labute approximate surface area is 199 Å². The summed E-state index contributed by atoms with van der Waals surface area (Å²) in [7, 11) is 0. The van der Waals surface area contributed by atoms with E-state index in [1.807, 2.05) is 6.07 Å². The standard InChI is InChI=1S/C24H25N3O6S/c1-15-11-16(2)26-24(29)20(15)14-25-23(28)17-5-3-6-18(12-17)27(34(30)31)19-7-8-21-22(13-19)33-10-4-9-32-21/h3,5-8,11-13H,4,9-10,14H2,1-2H3,(H,25,28)(H,26,29)(H,30,31)/p-1. The molecule has 9 nitrogen and oxygen atoms in total. The normalized spacial score (nSPS) is 13.6. The Hall–Kier alpha value is -3.63. The quantitative estimate of drug-likeness (QED) is 0.521. The van der Waals surface area contributed by atoms with Gasteiger partial charge in [-0.05, 0) is 55.8 Å². The molecular formula is C24H24N3O6S-. The fraction of sp³-hybridized carbons (Fsp3) is 0.250. The van der Waals surface area contributed by atoms with Gasteiger partial charge in [0.2, 0.25) is 0 Å². The predicted molar refractivity (Wildman–Crippen MR) is 127 cm³/mol. The smallest absolute Gasteiger partial charge is 0.253 e. The van der Waals surface area contributed by atoms with Crippen LogP contribution in [0.15, 0.2) is 53.3 Å². The summed E-state index contributed by atoms with van der Waals surface area (Å²) in [5.41, 5.74) is 2.60.